The lowest BCUT2D eigenvalue weighted by Gasteiger charge is -2.15. The molecule has 1 N–H and O–H groups in total. The number of ether oxygens (including phenoxy) is 1. The molecule has 2 aromatic carbocycles. The summed E-state index contributed by atoms with van der Waals surface area (Å²) in [5.41, 5.74) is 1.18. The third-order valence-electron chi connectivity index (χ3n) is 3.62. The molecule has 0 aliphatic rings. The van der Waals surface area contributed by atoms with Gasteiger partial charge in [0, 0.05) is 24.7 Å². The molecule has 0 aliphatic heterocycles. The number of sulfonamides is 1. The lowest BCUT2D eigenvalue weighted by atomic mass is 10.1. The van der Waals surface area contributed by atoms with E-state index >= 15 is 0 Å². The Hall–Kier alpha value is -2.09. The van der Waals surface area contributed by atoms with E-state index in [0.717, 1.165) is 4.31 Å². The highest BCUT2D eigenvalue weighted by molar-refractivity contribution is 7.89. The van der Waals surface area contributed by atoms with Crippen molar-refractivity contribution < 1.29 is 17.9 Å². The van der Waals surface area contributed by atoms with Crippen LogP contribution in [-0.2, 0) is 10.0 Å². The molecule has 25 heavy (non-hydrogen) atoms. The fourth-order valence-corrected chi connectivity index (χ4v) is 3.50. The van der Waals surface area contributed by atoms with Gasteiger partial charge in [-0.25, -0.2) is 12.7 Å². The van der Waals surface area contributed by atoms with Crippen LogP contribution in [0, 0.1) is 6.92 Å². The number of methoxy groups -OCH3 is 1. The Morgan fingerprint density at radius 3 is 2.44 bits per heavy atom. The molecular weight excluding hydrogens is 364 g/mol. The first-order valence-corrected chi connectivity index (χ1v) is 9.16. The molecule has 0 unspecified atom stereocenters. The van der Waals surface area contributed by atoms with Gasteiger partial charge in [0.2, 0.25) is 10.0 Å². The van der Waals surface area contributed by atoms with E-state index in [0.29, 0.717) is 22.0 Å². The maximum Gasteiger partial charge on any atom is 0.255 e. The van der Waals surface area contributed by atoms with Crippen molar-refractivity contribution in [1.82, 2.24) is 4.31 Å². The number of amides is 1. The summed E-state index contributed by atoms with van der Waals surface area (Å²) in [6.45, 7) is 1.68. The van der Waals surface area contributed by atoms with Gasteiger partial charge in [-0.2, -0.15) is 0 Å². The first kappa shape index (κ1) is 19.2. The minimum atomic E-state index is -3.65. The first-order chi connectivity index (χ1) is 11.7. The standard InChI is InChI=1S/C17H19ClN2O4S/c1-11-5-6-12(9-16(11)25(22,23)20(2)3)17(21)19-14-10-13(18)7-8-15(14)24-4/h5-10H,1-4H3,(H,19,21). The fraction of sp³-hybridized carbons (Fsp3) is 0.235. The van der Waals surface area contributed by atoms with E-state index in [-0.39, 0.29) is 10.5 Å². The highest BCUT2D eigenvalue weighted by atomic mass is 35.5. The Labute approximate surface area is 152 Å². The van der Waals surface area contributed by atoms with E-state index < -0.39 is 15.9 Å². The molecule has 2 aromatic rings. The number of hydrogen-bond donors (Lipinski definition) is 1. The molecule has 0 bridgehead atoms. The summed E-state index contributed by atoms with van der Waals surface area (Å²) < 4.78 is 31.1. The second-order valence-electron chi connectivity index (χ2n) is 5.57. The van der Waals surface area contributed by atoms with Crippen LogP contribution >= 0.6 is 11.6 Å². The van der Waals surface area contributed by atoms with Crippen LogP contribution in [-0.4, -0.2) is 39.8 Å². The number of rotatable bonds is 5. The number of hydrogen-bond acceptors (Lipinski definition) is 4. The van der Waals surface area contributed by atoms with E-state index in [4.69, 9.17) is 16.3 Å². The molecule has 0 heterocycles. The zero-order chi connectivity index (χ0) is 18.8. The number of aryl methyl sites for hydroxylation is 1. The van der Waals surface area contributed by atoms with Crippen LogP contribution < -0.4 is 10.1 Å². The topological polar surface area (TPSA) is 75.7 Å². The molecule has 8 heteroatoms. The molecule has 6 nitrogen and oxygen atoms in total. The summed E-state index contributed by atoms with van der Waals surface area (Å²) >= 11 is 5.95. The fourth-order valence-electron chi connectivity index (χ4n) is 2.19. The molecule has 0 atom stereocenters. The van der Waals surface area contributed by atoms with Gasteiger partial charge < -0.3 is 10.1 Å². The molecule has 134 valence electrons. The van der Waals surface area contributed by atoms with Crippen LogP contribution in [0.5, 0.6) is 5.75 Å². The average Bonchev–Trinajstić information content (AvgIpc) is 2.55. The van der Waals surface area contributed by atoms with Gasteiger partial charge in [-0.1, -0.05) is 17.7 Å². The van der Waals surface area contributed by atoms with Gasteiger partial charge in [0.05, 0.1) is 17.7 Å². The van der Waals surface area contributed by atoms with Crippen molar-refractivity contribution in [2.45, 2.75) is 11.8 Å². The Morgan fingerprint density at radius 2 is 1.84 bits per heavy atom. The first-order valence-electron chi connectivity index (χ1n) is 7.35. The molecule has 0 aromatic heterocycles. The number of anilines is 1. The van der Waals surface area contributed by atoms with Crippen molar-refractivity contribution >= 4 is 33.2 Å². The van der Waals surface area contributed by atoms with Gasteiger partial charge in [0.1, 0.15) is 5.75 Å². The average molecular weight is 383 g/mol. The molecule has 0 saturated carbocycles. The Bertz CT molecular complexity index is 911. The number of benzene rings is 2. The molecule has 0 saturated heterocycles. The van der Waals surface area contributed by atoms with Gasteiger partial charge >= 0.3 is 0 Å². The van der Waals surface area contributed by atoms with Crippen LogP contribution in [0.25, 0.3) is 0 Å². The van der Waals surface area contributed by atoms with Crippen LogP contribution in [0.4, 0.5) is 5.69 Å². The molecule has 0 spiro atoms. The van der Waals surface area contributed by atoms with Gasteiger partial charge in [-0.05, 0) is 42.8 Å². The largest absolute Gasteiger partial charge is 0.495 e. The third-order valence-corrected chi connectivity index (χ3v) is 5.81. The number of nitrogens with zero attached hydrogens (tertiary/aromatic N) is 1. The van der Waals surface area contributed by atoms with E-state index in [1.807, 2.05) is 0 Å². The van der Waals surface area contributed by atoms with E-state index in [9.17, 15) is 13.2 Å². The maximum absolute atomic E-state index is 12.5. The number of halogens is 1. The molecule has 2 rings (SSSR count). The normalized spacial score (nSPS) is 11.4. The van der Waals surface area contributed by atoms with Crippen molar-refractivity contribution in [3.05, 3.63) is 52.5 Å². The van der Waals surface area contributed by atoms with Crippen molar-refractivity contribution in [3.63, 3.8) is 0 Å². The van der Waals surface area contributed by atoms with Crippen molar-refractivity contribution in [2.75, 3.05) is 26.5 Å². The van der Waals surface area contributed by atoms with Crippen LogP contribution in [0.1, 0.15) is 15.9 Å². The van der Waals surface area contributed by atoms with Crippen LogP contribution in [0.2, 0.25) is 5.02 Å². The molecule has 0 radical (unpaired) electrons. The molecule has 0 fully saturated rings. The smallest absolute Gasteiger partial charge is 0.255 e. The number of nitrogens with one attached hydrogen (secondary N) is 1. The lowest BCUT2D eigenvalue weighted by Crippen LogP contribution is -2.23. The quantitative estimate of drug-likeness (QED) is 0.861. The Kier molecular flexibility index (Phi) is 5.72. The minimum absolute atomic E-state index is 0.0863. The van der Waals surface area contributed by atoms with E-state index in [1.165, 1.54) is 27.3 Å². The zero-order valence-electron chi connectivity index (χ0n) is 14.3. The van der Waals surface area contributed by atoms with Crippen molar-refractivity contribution in [1.29, 1.82) is 0 Å². The second kappa shape index (κ2) is 7.43. The van der Waals surface area contributed by atoms with Crippen molar-refractivity contribution in [2.24, 2.45) is 0 Å². The highest BCUT2D eigenvalue weighted by Gasteiger charge is 2.21. The lowest BCUT2D eigenvalue weighted by molar-refractivity contribution is 0.102. The van der Waals surface area contributed by atoms with Gasteiger partial charge in [0.15, 0.2) is 0 Å². The maximum atomic E-state index is 12.5. The summed E-state index contributed by atoms with van der Waals surface area (Å²) in [5.74, 6) is -0.0122. The zero-order valence-corrected chi connectivity index (χ0v) is 15.9. The summed E-state index contributed by atoms with van der Waals surface area (Å²) in [6, 6.07) is 9.36. The Morgan fingerprint density at radius 1 is 1.16 bits per heavy atom. The molecule has 1 amide bonds. The van der Waals surface area contributed by atoms with Gasteiger partial charge in [-0.3, -0.25) is 4.79 Å². The van der Waals surface area contributed by atoms with Gasteiger partial charge in [-0.15, -0.1) is 0 Å². The number of carbonyl (C=O) groups is 1. The summed E-state index contributed by atoms with van der Waals surface area (Å²) in [5, 5.41) is 3.13. The predicted molar refractivity (Wildman–Crippen MR) is 98.0 cm³/mol. The van der Waals surface area contributed by atoms with Crippen molar-refractivity contribution in [3.8, 4) is 5.75 Å². The second-order valence-corrected chi connectivity index (χ2v) is 8.12. The summed E-state index contributed by atoms with van der Waals surface area (Å²) in [4.78, 5) is 12.6. The van der Waals surface area contributed by atoms with E-state index in [1.54, 1.807) is 37.3 Å². The monoisotopic (exact) mass is 382 g/mol. The van der Waals surface area contributed by atoms with Gasteiger partial charge in [0.25, 0.3) is 5.91 Å². The summed E-state index contributed by atoms with van der Waals surface area (Å²) in [6.07, 6.45) is 0. The predicted octanol–water partition coefficient (Wildman–Crippen LogP) is 3.16. The highest BCUT2D eigenvalue weighted by Crippen LogP contribution is 2.28. The van der Waals surface area contributed by atoms with E-state index in [2.05, 4.69) is 5.32 Å². The van der Waals surface area contributed by atoms with Crippen LogP contribution in [0.15, 0.2) is 41.3 Å². The molecule has 0 aliphatic carbocycles. The van der Waals surface area contributed by atoms with Crippen LogP contribution in [0.3, 0.4) is 0 Å². The minimum Gasteiger partial charge on any atom is -0.495 e. The number of carbonyl (C=O) groups excluding carboxylic acids is 1. The third kappa shape index (κ3) is 4.12. The SMILES string of the molecule is COc1ccc(Cl)cc1NC(=O)c1ccc(C)c(S(=O)(=O)N(C)C)c1. The summed E-state index contributed by atoms with van der Waals surface area (Å²) in [7, 11) is 0.716. The molecular formula is C17H19ClN2O4S. The Balaban J connectivity index is 2.40.